The lowest BCUT2D eigenvalue weighted by Crippen LogP contribution is -2.49. The van der Waals surface area contributed by atoms with E-state index in [-0.39, 0.29) is 27.7 Å². The van der Waals surface area contributed by atoms with E-state index in [4.69, 9.17) is 49.0 Å². The van der Waals surface area contributed by atoms with Gasteiger partial charge in [0.15, 0.2) is 16.9 Å². The normalized spacial score (nSPS) is 12.8. The van der Waals surface area contributed by atoms with Gasteiger partial charge in [0.25, 0.3) is 5.91 Å². The van der Waals surface area contributed by atoms with Crippen molar-refractivity contribution in [2.45, 2.75) is 21.0 Å². The van der Waals surface area contributed by atoms with Crippen LogP contribution >= 0.6 is 34.8 Å². The van der Waals surface area contributed by atoms with E-state index in [0.717, 1.165) is 5.56 Å². The number of aryl methyl sites for hydroxylation is 1. The van der Waals surface area contributed by atoms with Crippen molar-refractivity contribution in [3.05, 3.63) is 47.5 Å². The zero-order valence-corrected chi connectivity index (χ0v) is 19.6. The highest BCUT2D eigenvalue weighted by Crippen LogP contribution is 2.39. The Bertz CT molecular complexity index is 995. The molecule has 1 N–H and O–H groups in total. The third-order valence-electron chi connectivity index (χ3n) is 4.15. The monoisotopic (exact) mass is 495 g/mol. The predicted octanol–water partition coefficient (Wildman–Crippen LogP) is 3.92. The van der Waals surface area contributed by atoms with Gasteiger partial charge in [0, 0.05) is 5.56 Å². The first-order valence-electron chi connectivity index (χ1n) is 8.43. The third kappa shape index (κ3) is 5.24. The zero-order chi connectivity index (χ0) is 22.7. The molecule has 0 aromatic heterocycles. The number of methoxy groups -OCH3 is 3. The fourth-order valence-corrected chi connectivity index (χ4v) is 5.23. The molecule has 164 valence electrons. The molecule has 1 atom stereocenters. The van der Waals surface area contributed by atoms with Gasteiger partial charge >= 0.3 is 0 Å². The van der Waals surface area contributed by atoms with Gasteiger partial charge in [-0.3, -0.25) is 4.79 Å². The predicted molar refractivity (Wildman–Crippen MR) is 116 cm³/mol. The number of amides is 1. The van der Waals surface area contributed by atoms with E-state index >= 15 is 0 Å². The van der Waals surface area contributed by atoms with Gasteiger partial charge in [-0.1, -0.05) is 52.5 Å². The summed E-state index contributed by atoms with van der Waals surface area (Å²) in [5.41, 5.74) is 0.865. The molecule has 0 heterocycles. The molecule has 0 fully saturated rings. The standard InChI is InChI=1S/C19H20Cl3NO6S/c1-11-5-7-13(8-6-11)30(25,26)18(19(20,21)22)23-17(24)12-9-14(27-2)16(29-4)15(10-12)28-3/h5-10,18H,1-4H3,(H,23,24). The average molecular weight is 497 g/mol. The maximum Gasteiger partial charge on any atom is 0.252 e. The number of nitrogens with one attached hydrogen (secondary N) is 1. The van der Waals surface area contributed by atoms with Gasteiger partial charge in [0.05, 0.1) is 26.2 Å². The van der Waals surface area contributed by atoms with Gasteiger partial charge in [-0.05, 0) is 31.2 Å². The molecule has 0 spiro atoms. The van der Waals surface area contributed by atoms with E-state index in [1.165, 1.54) is 45.6 Å². The highest BCUT2D eigenvalue weighted by molar-refractivity contribution is 7.92. The van der Waals surface area contributed by atoms with Crippen LogP contribution in [0.1, 0.15) is 15.9 Å². The van der Waals surface area contributed by atoms with Crippen LogP contribution in [-0.2, 0) is 9.84 Å². The number of carbonyl (C=O) groups excluding carboxylic acids is 1. The molecule has 7 nitrogen and oxygen atoms in total. The second-order valence-corrected chi connectivity index (χ2v) is 10.6. The van der Waals surface area contributed by atoms with Gasteiger partial charge in [0.1, 0.15) is 0 Å². The molecule has 1 amide bonds. The van der Waals surface area contributed by atoms with Crippen LogP contribution in [0.25, 0.3) is 0 Å². The number of rotatable bonds is 7. The molecule has 2 rings (SSSR count). The minimum absolute atomic E-state index is 0.0165. The molecule has 2 aromatic rings. The van der Waals surface area contributed by atoms with E-state index in [9.17, 15) is 13.2 Å². The molecule has 0 saturated carbocycles. The van der Waals surface area contributed by atoms with Crippen LogP contribution in [0, 0.1) is 6.92 Å². The highest BCUT2D eigenvalue weighted by atomic mass is 35.6. The molecule has 0 aliphatic rings. The molecule has 1 unspecified atom stereocenters. The van der Waals surface area contributed by atoms with Crippen molar-refractivity contribution in [3.8, 4) is 17.2 Å². The van der Waals surface area contributed by atoms with Crippen LogP contribution in [0.15, 0.2) is 41.3 Å². The van der Waals surface area contributed by atoms with Crippen LogP contribution in [0.4, 0.5) is 0 Å². The summed E-state index contributed by atoms with van der Waals surface area (Å²) in [6.45, 7) is 1.80. The van der Waals surface area contributed by atoms with E-state index < -0.39 is 24.9 Å². The summed E-state index contributed by atoms with van der Waals surface area (Å²) in [6.07, 6.45) is 0. The van der Waals surface area contributed by atoms with Gasteiger partial charge in [-0.25, -0.2) is 8.42 Å². The molecule has 2 aromatic carbocycles. The van der Waals surface area contributed by atoms with Crippen molar-refractivity contribution >= 4 is 50.5 Å². The van der Waals surface area contributed by atoms with Crippen LogP contribution in [-0.4, -0.2) is 44.8 Å². The number of halogens is 3. The van der Waals surface area contributed by atoms with Crippen LogP contribution in [0.2, 0.25) is 0 Å². The van der Waals surface area contributed by atoms with E-state index in [1.54, 1.807) is 19.1 Å². The van der Waals surface area contributed by atoms with Crippen LogP contribution < -0.4 is 19.5 Å². The van der Waals surface area contributed by atoms with Gasteiger partial charge in [-0.2, -0.15) is 0 Å². The summed E-state index contributed by atoms with van der Waals surface area (Å²) in [4.78, 5) is 12.8. The van der Waals surface area contributed by atoms with Gasteiger partial charge in [-0.15, -0.1) is 0 Å². The fourth-order valence-electron chi connectivity index (χ4n) is 2.61. The number of hydrogen-bond acceptors (Lipinski definition) is 6. The molecule has 0 radical (unpaired) electrons. The lowest BCUT2D eigenvalue weighted by molar-refractivity contribution is 0.0947. The topological polar surface area (TPSA) is 90.9 Å². The highest BCUT2D eigenvalue weighted by Gasteiger charge is 2.44. The Morgan fingerprint density at radius 3 is 1.87 bits per heavy atom. The molecule has 0 saturated heterocycles. The summed E-state index contributed by atoms with van der Waals surface area (Å²) in [5, 5.41) is 0.435. The lowest BCUT2D eigenvalue weighted by Gasteiger charge is -2.25. The molecular weight excluding hydrogens is 477 g/mol. The summed E-state index contributed by atoms with van der Waals surface area (Å²) >= 11 is 17.8. The summed E-state index contributed by atoms with van der Waals surface area (Å²) in [5.74, 6) is -0.148. The fraction of sp³-hybridized carbons (Fsp3) is 0.316. The maximum atomic E-state index is 13.1. The van der Waals surface area contributed by atoms with E-state index in [1.807, 2.05) is 0 Å². The number of alkyl halides is 3. The Kier molecular flexibility index (Phi) is 7.74. The number of carbonyl (C=O) groups is 1. The van der Waals surface area contributed by atoms with Crippen molar-refractivity contribution in [2.24, 2.45) is 0 Å². The molecular formula is C19H20Cl3NO6S. The van der Waals surface area contributed by atoms with Gasteiger partial charge < -0.3 is 19.5 Å². The zero-order valence-electron chi connectivity index (χ0n) is 16.5. The first-order valence-corrected chi connectivity index (χ1v) is 11.1. The largest absolute Gasteiger partial charge is 0.493 e. The van der Waals surface area contributed by atoms with Crippen molar-refractivity contribution in [2.75, 3.05) is 21.3 Å². The average Bonchev–Trinajstić information content (AvgIpc) is 2.69. The molecule has 30 heavy (non-hydrogen) atoms. The number of hydrogen-bond donors (Lipinski definition) is 1. The summed E-state index contributed by atoms with van der Waals surface area (Å²) in [7, 11) is -0.0681. The molecule has 0 aliphatic heterocycles. The third-order valence-corrected chi connectivity index (χ3v) is 7.21. The summed E-state index contributed by atoms with van der Waals surface area (Å²) in [6, 6.07) is 8.65. The first-order chi connectivity index (χ1) is 13.9. The first kappa shape index (κ1) is 24.4. The molecule has 0 bridgehead atoms. The SMILES string of the molecule is COc1cc(C(=O)NC(C(Cl)(Cl)Cl)S(=O)(=O)c2ccc(C)cc2)cc(OC)c1OC. The second-order valence-electron chi connectivity index (χ2n) is 6.17. The minimum atomic E-state index is -4.24. The molecule has 0 aliphatic carbocycles. The van der Waals surface area contributed by atoms with Crippen LogP contribution in [0.3, 0.4) is 0 Å². The Morgan fingerprint density at radius 1 is 0.967 bits per heavy atom. The lowest BCUT2D eigenvalue weighted by atomic mass is 10.1. The quantitative estimate of drug-likeness (QED) is 0.584. The molecule has 11 heteroatoms. The maximum absolute atomic E-state index is 13.1. The van der Waals surface area contributed by atoms with Gasteiger partial charge in [0.2, 0.25) is 19.4 Å². The van der Waals surface area contributed by atoms with Crippen molar-refractivity contribution in [1.82, 2.24) is 5.32 Å². The van der Waals surface area contributed by atoms with Crippen molar-refractivity contribution in [1.29, 1.82) is 0 Å². The summed E-state index contributed by atoms with van der Waals surface area (Å²) < 4.78 is 39.4. The Balaban J connectivity index is 2.48. The van der Waals surface area contributed by atoms with Crippen molar-refractivity contribution in [3.63, 3.8) is 0 Å². The number of sulfone groups is 1. The van der Waals surface area contributed by atoms with E-state index in [2.05, 4.69) is 5.32 Å². The Morgan fingerprint density at radius 2 is 1.47 bits per heavy atom. The number of ether oxygens (including phenoxy) is 3. The van der Waals surface area contributed by atoms with E-state index in [0.29, 0.717) is 0 Å². The second kappa shape index (κ2) is 9.51. The number of benzene rings is 2. The Labute approximate surface area is 190 Å². The smallest absolute Gasteiger partial charge is 0.252 e. The van der Waals surface area contributed by atoms with Crippen LogP contribution in [0.5, 0.6) is 17.2 Å². The minimum Gasteiger partial charge on any atom is -0.493 e. The Hall–Kier alpha value is -1.87. The van der Waals surface area contributed by atoms with Crippen molar-refractivity contribution < 1.29 is 27.4 Å².